The van der Waals surface area contributed by atoms with Crippen LogP contribution in [0.3, 0.4) is 0 Å². The molecule has 2 heterocycles. The highest BCUT2D eigenvalue weighted by atomic mass is 16.2. The van der Waals surface area contributed by atoms with E-state index in [1.807, 2.05) is 12.1 Å². The minimum absolute atomic E-state index is 0.00823. The van der Waals surface area contributed by atoms with Gasteiger partial charge in [-0.05, 0) is 42.9 Å². The SMILES string of the molecule is C[C@H]1C[C@@H](CCNC(=O)c2ccccc2CN2C(=O)CNC2=O)CN1Cc1ccccc1. The summed E-state index contributed by atoms with van der Waals surface area (Å²) in [7, 11) is 0. The Balaban J connectivity index is 1.28. The average Bonchev–Trinajstić information content (AvgIpc) is 3.30. The second-order valence-corrected chi connectivity index (χ2v) is 8.71. The van der Waals surface area contributed by atoms with Gasteiger partial charge in [0.05, 0.1) is 13.1 Å². The van der Waals surface area contributed by atoms with Crippen molar-refractivity contribution in [3.8, 4) is 0 Å². The largest absolute Gasteiger partial charge is 0.352 e. The van der Waals surface area contributed by atoms with Gasteiger partial charge in [-0.1, -0.05) is 48.5 Å². The van der Waals surface area contributed by atoms with Crippen molar-refractivity contribution in [2.75, 3.05) is 19.6 Å². The molecule has 4 rings (SSSR count). The van der Waals surface area contributed by atoms with Crippen LogP contribution in [0.5, 0.6) is 0 Å². The normalized spacial score (nSPS) is 21.1. The van der Waals surface area contributed by atoms with Crippen molar-refractivity contribution in [3.05, 3.63) is 71.3 Å². The van der Waals surface area contributed by atoms with Gasteiger partial charge < -0.3 is 10.6 Å². The summed E-state index contributed by atoms with van der Waals surface area (Å²) in [5.74, 6) is 0.107. The van der Waals surface area contributed by atoms with Gasteiger partial charge in [-0.2, -0.15) is 0 Å². The Morgan fingerprint density at radius 1 is 1.06 bits per heavy atom. The van der Waals surface area contributed by atoms with E-state index in [0.29, 0.717) is 29.6 Å². The van der Waals surface area contributed by atoms with Gasteiger partial charge >= 0.3 is 6.03 Å². The van der Waals surface area contributed by atoms with Crippen molar-refractivity contribution in [2.45, 2.75) is 38.9 Å². The minimum atomic E-state index is -0.416. The summed E-state index contributed by atoms with van der Waals surface area (Å²) in [6.45, 7) is 4.98. The zero-order valence-corrected chi connectivity index (χ0v) is 18.4. The molecule has 2 saturated heterocycles. The summed E-state index contributed by atoms with van der Waals surface area (Å²) in [6, 6.07) is 17.8. The van der Waals surface area contributed by atoms with Gasteiger partial charge in [0.15, 0.2) is 0 Å². The first-order valence-corrected chi connectivity index (χ1v) is 11.2. The zero-order valence-electron chi connectivity index (χ0n) is 18.4. The molecule has 7 heteroatoms. The maximum absolute atomic E-state index is 12.8. The van der Waals surface area contributed by atoms with Crippen molar-refractivity contribution < 1.29 is 14.4 Å². The van der Waals surface area contributed by atoms with Gasteiger partial charge in [0, 0.05) is 31.2 Å². The molecule has 2 aliphatic heterocycles. The molecular formula is C25H30N4O3. The fourth-order valence-corrected chi connectivity index (χ4v) is 4.62. The molecular weight excluding hydrogens is 404 g/mol. The number of nitrogens with zero attached hydrogens (tertiary/aromatic N) is 2. The highest BCUT2D eigenvalue weighted by Gasteiger charge is 2.30. The molecule has 0 radical (unpaired) electrons. The number of likely N-dealkylation sites (tertiary alicyclic amines) is 1. The van der Waals surface area contributed by atoms with Crippen molar-refractivity contribution in [2.24, 2.45) is 5.92 Å². The first kappa shape index (κ1) is 22.0. The van der Waals surface area contributed by atoms with Gasteiger partial charge in [0.1, 0.15) is 0 Å². The van der Waals surface area contributed by atoms with Crippen LogP contribution < -0.4 is 10.6 Å². The third kappa shape index (κ3) is 5.16. The van der Waals surface area contributed by atoms with Gasteiger partial charge in [-0.25, -0.2) is 4.79 Å². The molecule has 0 bridgehead atoms. The smallest absolute Gasteiger partial charge is 0.324 e. The van der Waals surface area contributed by atoms with E-state index in [2.05, 4.69) is 46.7 Å². The number of benzene rings is 2. The Hall–Kier alpha value is -3.19. The van der Waals surface area contributed by atoms with E-state index in [-0.39, 0.29) is 24.9 Å². The van der Waals surface area contributed by atoms with Crippen LogP contribution in [0.2, 0.25) is 0 Å². The lowest BCUT2D eigenvalue weighted by Crippen LogP contribution is -2.32. The number of hydrogen-bond acceptors (Lipinski definition) is 4. The summed E-state index contributed by atoms with van der Waals surface area (Å²) in [5, 5.41) is 5.54. The molecule has 4 amide bonds. The average molecular weight is 435 g/mol. The number of nitrogens with one attached hydrogen (secondary N) is 2. The summed E-state index contributed by atoms with van der Waals surface area (Å²) in [5.41, 5.74) is 2.50. The Bertz CT molecular complexity index is 962. The Kier molecular flexibility index (Phi) is 6.85. The summed E-state index contributed by atoms with van der Waals surface area (Å²) >= 11 is 0. The molecule has 32 heavy (non-hydrogen) atoms. The quantitative estimate of drug-likeness (QED) is 0.626. The van der Waals surface area contributed by atoms with Gasteiger partial charge in [0.25, 0.3) is 5.91 Å². The highest BCUT2D eigenvalue weighted by molar-refractivity contribution is 6.02. The third-order valence-corrected chi connectivity index (χ3v) is 6.38. The van der Waals surface area contributed by atoms with E-state index >= 15 is 0 Å². The lowest BCUT2D eigenvalue weighted by molar-refractivity contribution is -0.125. The van der Waals surface area contributed by atoms with Crippen LogP contribution in [0, 0.1) is 5.92 Å². The Morgan fingerprint density at radius 3 is 2.56 bits per heavy atom. The number of carbonyl (C=O) groups is 3. The number of amides is 4. The summed E-state index contributed by atoms with van der Waals surface area (Å²) in [4.78, 5) is 40.2. The maximum Gasteiger partial charge on any atom is 0.324 e. The van der Waals surface area contributed by atoms with Crippen LogP contribution in [0.15, 0.2) is 54.6 Å². The highest BCUT2D eigenvalue weighted by Crippen LogP contribution is 2.27. The van der Waals surface area contributed by atoms with Gasteiger partial charge in [0.2, 0.25) is 5.91 Å². The van der Waals surface area contributed by atoms with E-state index in [9.17, 15) is 14.4 Å². The second-order valence-electron chi connectivity index (χ2n) is 8.71. The predicted molar refractivity (Wildman–Crippen MR) is 122 cm³/mol. The van der Waals surface area contributed by atoms with Crippen LogP contribution >= 0.6 is 0 Å². The molecule has 0 spiro atoms. The number of rotatable bonds is 8. The predicted octanol–water partition coefficient (Wildman–Crippen LogP) is 2.77. The molecule has 2 N–H and O–H groups in total. The van der Waals surface area contributed by atoms with E-state index in [1.165, 1.54) is 5.56 Å². The number of imide groups is 1. The molecule has 0 saturated carbocycles. The first-order chi connectivity index (χ1) is 15.5. The van der Waals surface area contributed by atoms with Crippen molar-refractivity contribution in [1.29, 1.82) is 0 Å². The fraction of sp³-hybridized carbons (Fsp3) is 0.400. The topological polar surface area (TPSA) is 81.8 Å². The van der Waals surface area contributed by atoms with Crippen LogP contribution in [0.4, 0.5) is 4.79 Å². The molecule has 168 valence electrons. The molecule has 7 nitrogen and oxygen atoms in total. The van der Waals surface area contributed by atoms with Crippen molar-refractivity contribution in [1.82, 2.24) is 20.4 Å². The third-order valence-electron chi connectivity index (χ3n) is 6.38. The number of carbonyl (C=O) groups excluding carboxylic acids is 3. The molecule has 2 aromatic carbocycles. The van der Waals surface area contributed by atoms with E-state index < -0.39 is 6.03 Å². The van der Waals surface area contributed by atoms with E-state index in [4.69, 9.17) is 0 Å². The van der Waals surface area contributed by atoms with E-state index in [0.717, 1.165) is 30.8 Å². The molecule has 2 fully saturated rings. The molecule has 2 aromatic rings. The van der Waals surface area contributed by atoms with Crippen LogP contribution in [0.1, 0.15) is 41.3 Å². The Labute approximate surface area is 188 Å². The van der Waals surface area contributed by atoms with Crippen molar-refractivity contribution in [3.63, 3.8) is 0 Å². The van der Waals surface area contributed by atoms with Crippen LogP contribution in [-0.2, 0) is 17.9 Å². The molecule has 2 atom stereocenters. The lowest BCUT2D eigenvalue weighted by Gasteiger charge is -2.21. The first-order valence-electron chi connectivity index (χ1n) is 11.2. The van der Waals surface area contributed by atoms with Crippen LogP contribution in [-0.4, -0.2) is 53.3 Å². The summed E-state index contributed by atoms with van der Waals surface area (Å²) < 4.78 is 0. The van der Waals surface area contributed by atoms with Gasteiger partial charge in [-0.15, -0.1) is 0 Å². The van der Waals surface area contributed by atoms with Crippen LogP contribution in [0.25, 0.3) is 0 Å². The number of hydrogen-bond donors (Lipinski definition) is 2. The fourth-order valence-electron chi connectivity index (χ4n) is 4.62. The Morgan fingerprint density at radius 2 is 1.81 bits per heavy atom. The monoisotopic (exact) mass is 434 g/mol. The van der Waals surface area contributed by atoms with Crippen molar-refractivity contribution >= 4 is 17.8 Å². The van der Waals surface area contributed by atoms with Gasteiger partial charge in [-0.3, -0.25) is 19.4 Å². The molecule has 0 aromatic heterocycles. The number of urea groups is 1. The minimum Gasteiger partial charge on any atom is -0.352 e. The zero-order chi connectivity index (χ0) is 22.5. The lowest BCUT2D eigenvalue weighted by atomic mass is 10.0. The molecule has 0 unspecified atom stereocenters. The maximum atomic E-state index is 12.8. The summed E-state index contributed by atoms with van der Waals surface area (Å²) in [6.07, 6.45) is 2.06. The molecule has 0 aliphatic carbocycles. The van der Waals surface area contributed by atoms with E-state index in [1.54, 1.807) is 18.2 Å². The standard InChI is InChI=1S/C25H30N4O3/c1-18-13-20(16-28(18)15-19-7-3-2-4-8-19)11-12-26-24(31)22-10-6-5-9-21(22)17-29-23(30)14-27-25(29)32/h2-10,18,20H,11-17H2,1H3,(H,26,31)(H,27,32)/t18-,20+/m0/s1. The molecule has 2 aliphatic rings. The second kappa shape index (κ2) is 9.96.